The maximum atomic E-state index is 2.45. The first-order valence-electron chi connectivity index (χ1n) is 9.14. The van der Waals surface area contributed by atoms with Gasteiger partial charge in [0, 0.05) is 0 Å². The molecule has 0 heterocycles. The fraction of sp³-hybridized carbons (Fsp3) is 0.391. The fourth-order valence-electron chi connectivity index (χ4n) is 3.48. The summed E-state index contributed by atoms with van der Waals surface area (Å²) >= 11 is 0. The molecule has 0 aromatic heterocycles. The lowest BCUT2D eigenvalue weighted by Crippen LogP contribution is -1.92. The predicted molar refractivity (Wildman–Crippen MR) is 102 cm³/mol. The Morgan fingerprint density at radius 1 is 1.00 bits per heavy atom. The van der Waals surface area contributed by atoms with Crippen molar-refractivity contribution in [3.63, 3.8) is 0 Å². The molecule has 0 nitrogen and oxygen atoms in total. The van der Waals surface area contributed by atoms with E-state index in [9.17, 15) is 0 Å². The Bertz CT molecular complexity index is 688. The summed E-state index contributed by atoms with van der Waals surface area (Å²) < 4.78 is 0. The highest BCUT2D eigenvalue weighted by Gasteiger charge is 2.16. The van der Waals surface area contributed by atoms with Crippen molar-refractivity contribution in [3.8, 4) is 11.1 Å². The van der Waals surface area contributed by atoms with Crippen molar-refractivity contribution in [2.24, 2.45) is 0 Å². The monoisotopic (exact) mass is 304 g/mol. The average Bonchev–Trinajstić information content (AvgIpc) is 3.02. The molecule has 0 amide bonds. The highest BCUT2D eigenvalue weighted by atomic mass is 14.2. The second-order valence-electron chi connectivity index (χ2n) is 6.89. The highest BCUT2D eigenvalue weighted by molar-refractivity contribution is 5.80. The van der Waals surface area contributed by atoms with Gasteiger partial charge in [-0.3, -0.25) is 0 Å². The van der Waals surface area contributed by atoms with Crippen LogP contribution in [-0.4, -0.2) is 0 Å². The van der Waals surface area contributed by atoms with Crippen LogP contribution in [0.4, 0.5) is 0 Å². The number of fused-ring (bicyclic) bond motifs is 1. The Labute approximate surface area is 141 Å². The molecule has 0 heteroatoms. The van der Waals surface area contributed by atoms with E-state index in [0.29, 0.717) is 5.92 Å². The Kier molecular flexibility index (Phi) is 5.00. The highest BCUT2D eigenvalue weighted by Crippen LogP contribution is 2.36. The zero-order chi connectivity index (χ0) is 16.2. The Hall–Kier alpha value is -1.82. The summed E-state index contributed by atoms with van der Waals surface area (Å²) in [6.45, 7) is 6.83. The summed E-state index contributed by atoms with van der Waals surface area (Å²) in [5.41, 5.74) is 8.75. The van der Waals surface area contributed by atoms with Crippen molar-refractivity contribution in [3.05, 3.63) is 64.7 Å². The van der Waals surface area contributed by atoms with Crippen LogP contribution in [-0.2, 0) is 6.42 Å². The quantitative estimate of drug-likeness (QED) is 0.539. The molecule has 1 unspecified atom stereocenters. The summed E-state index contributed by atoms with van der Waals surface area (Å²) in [7, 11) is 0. The van der Waals surface area contributed by atoms with Crippen LogP contribution >= 0.6 is 0 Å². The first kappa shape index (κ1) is 16.1. The van der Waals surface area contributed by atoms with Gasteiger partial charge in [-0.15, -0.1) is 0 Å². The molecule has 0 radical (unpaired) electrons. The van der Waals surface area contributed by atoms with Crippen LogP contribution in [0, 0.1) is 0 Å². The van der Waals surface area contributed by atoms with Crippen LogP contribution in [0.25, 0.3) is 17.2 Å². The van der Waals surface area contributed by atoms with Crippen molar-refractivity contribution in [1.29, 1.82) is 0 Å². The molecule has 2 aromatic carbocycles. The van der Waals surface area contributed by atoms with Crippen molar-refractivity contribution in [2.75, 3.05) is 0 Å². The third kappa shape index (κ3) is 3.42. The van der Waals surface area contributed by atoms with Gasteiger partial charge in [-0.2, -0.15) is 0 Å². The molecule has 0 aliphatic heterocycles. The van der Waals surface area contributed by atoms with Crippen LogP contribution in [0.3, 0.4) is 0 Å². The summed E-state index contributed by atoms with van der Waals surface area (Å²) in [5.74, 6) is 0.645. The molecule has 1 aliphatic rings. The minimum atomic E-state index is 0.645. The molecule has 3 rings (SSSR count). The molecular formula is C23H28. The normalized spacial score (nSPS) is 14.5. The van der Waals surface area contributed by atoms with Crippen molar-refractivity contribution < 1.29 is 0 Å². The van der Waals surface area contributed by atoms with Gasteiger partial charge >= 0.3 is 0 Å². The van der Waals surface area contributed by atoms with E-state index in [-0.39, 0.29) is 0 Å². The van der Waals surface area contributed by atoms with Crippen molar-refractivity contribution in [1.82, 2.24) is 0 Å². The third-order valence-corrected chi connectivity index (χ3v) is 5.22. The maximum absolute atomic E-state index is 2.45. The SMILES string of the molecule is CCCCC1=Cc2c(cccc2-c2ccc(C(C)CC)cc2)C1. The minimum absolute atomic E-state index is 0.645. The number of unbranched alkanes of at least 4 members (excludes halogenated alkanes) is 1. The van der Waals surface area contributed by atoms with E-state index in [1.54, 1.807) is 5.57 Å². The van der Waals surface area contributed by atoms with E-state index in [4.69, 9.17) is 0 Å². The van der Waals surface area contributed by atoms with Gasteiger partial charge in [-0.1, -0.05) is 81.3 Å². The maximum Gasteiger partial charge on any atom is -0.00576 e. The van der Waals surface area contributed by atoms with Crippen LogP contribution < -0.4 is 0 Å². The molecule has 23 heavy (non-hydrogen) atoms. The van der Waals surface area contributed by atoms with Crippen LogP contribution in [0.2, 0.25) is 0 Å². The lowest BCUT2D eigenvalue weighted by molar-refractivity contribution is 0.734. The van der Waals surface area contributed by atoms with Crippen molar-refractivity contribution >= 4 is 6.08 Å². The number of hydrogen-bond donors (Lipinski definition) is 0. The van der Waals surface area contributed by atoms with Gasteiger partial charge in [0.05, 0.1) is 0 Å². The third-order valence-electron chi connectivity index (χ3n) is 5.22. The van der Waals surface area contributed by atoms with Gasteiger partial charge in [-0.25, -0.2) is 0 Å². The summed E-state index contributed by atoms with van der Waals surface area (Å²) in [4.78, 5) is 0. The zero-order valence-corrected chi connectivity index (χ0v) is 14.7. The van der Waals surface area contributed by atoms with E-state index in [1.165, 1.54) is 53.5 Å². The van der Waals surface area contributed by atoms with Gasteiger partial charge in [0.25, 0.3) is 0 Å². The second-order valence-corrected chi connectivity index (χ2v) is 6.89. The molecule has 0 saturated heterocycles. The summed E-state index contributed by atoms with van der Waals surface area (Å²) in [6.07, 6.45) is 8.62. The zero-order valence-electron chi connectivity index (χ0n) is 14.7. The molecule has 2 aromatic rings. The number of rotatable bonds is 6. The molecule has 0 fully saturated rings. The first-order chi connectivity index (χ1) is 11.2. The summed E-state index contributed by atoms with van der Waals surface area (Å²) in [6, 6.07) is 16.0. The Morgan fingerprint density at radius 2 is 1.78 bits per heavy atom. The smallest absolute Gasteiger partial charge is 0.00576 e. The number of hydrogen-bond acceptors (Lipinski definition) is 0. The predicted octanol–water partition coefficient (Wildman–Crippen LogP) is 7.00. The summed E-state index contributed by atoms with van der Waals surface area (Å²) in [5, 5.41) is 0. The average molecular weight is 304 g/mol. The lowest BCUT2D eigenvalue weighted by atomic mass is 9.93. The van der Waals surface area contributed by atoms with E-state index < -0.39 is 0 Å². The van der Waals surface area contributed by atoms with E-state index in [2.05, 4.69) is 69.3 Å². The van der Waals surface area contributed by atoms with Gasteiger partial charge in [-0.05, 0) is 59.4 Å². The van der Waals surface area contributed by atoms with Crippen molar-refractivity contribution in [2.45, 2.75) is 58.8 Å². The van der Waals surface area contributed by atoms with Gasteiger partial charge < -0.3 is 0 Å². The lowest BCUT2D eigenvalue weighted by Gasteiger charge is -2.12. The largest absolute Gasteiger partial charge is 0.0654 e. The Balaban J connectivity index is 1.90. The molecule has 1 aliphatic carbocycles. The molecule has 0 saturated carbocycles. The topological polar surface area (TPSA) is 0 Å². The van der Waals surface area contributed by atoms with Crippen LogP contribution in [0.5, 0.6) is 0 Å². The van der Waals surface area contributed by atoms with Crippen LogP contribution in [0.1, 0.15) is 69.1 Å². The number of allylic oxidation sites excluding steroid dienone is 1. The molecule has 0 N–H and O–H groups in total. The first-order valence-corrected chi connectivity index (χ1v) is 9.14. The molecule has 1 atom stereocenters. The van der Waals surface area contributed by atoms with Gasteiger partial charge in [0.1, 0.15) is 0 Å². The fourth-order valence-corrected chi connectivity index (χ4v) is 3.48. The molecule has 0 bridgehead atoms. The Morgan fingerprint density at radius 3 is 2.48 bits per heavy atom. The molecule has 0 spiro atoms. The van der Waals surface area contributed by atoms with E-state index in [1.807, 2.05) is 0 Å². The molecular weight excluding hydrogens is 276 g/mol. The second kappa shape index (κ2) is 7.17. The van der Waals surface area contributed by atoms with Crippen LogP contribution in [0.15, 0.2) is 48.0 Å². The van der Waals surface area contributed by atoms with Gasteiger partial charge in [0.2, 0.25) is 0 Å². The standard InChI is InChI=1S/C23H28/c1-4-6-8-18-15-21-9-7-10-22(23(21)16-18)20-13-11-19(12-14-20)17(3)5-2/h7,9-14,16-17H,4-6,8,15H2,1-3H3. The van der Waals surface area contributed by atoms with Gasteiger partial charge in [0.15, 0.2) is 0 Å². The minimum Gasteiger partial charge on any atom is -0.0654 e. The number of benzene rings is 2. The van der Waals surface area contributed by atoms with E-state index in [0.717, 1.165) is 6.42 Å². The van der Waals surface area contributed by atoms with E-state index >= 15 is 0 Å². The molecule has 120 valence electrons.